The molecule has 9 heavy (non-hydrogen) atoms. The van der Waals surface area contributed by atoms with Crippen LogP contribution in [0.2, 0.25) is 0 Å². The summed E-state index contributed by atoms with van der Waals surface area (Å²) in [6, 6.07) is 0. The van der Waals surface area contributed by atoms with Crippen molar-refractivity contribution in [3.05, 3.63) is 0 Å². The van der Waals surface area contributed by atoms with Crippen molar-refractivity contribution in [2.24, 2.45) is 0 Å². The summed E-state index contributed by atoms with van der Waals surface area (Å²) >= 11 is 0. The molecule has 6 heteroatoms. The lowest BCUT2D eigenvalue weighted by Crippen LogP contribution is -2.03. The largest absolute Gasteiger partial charge is 0.692 e. The Labute approximate surface area is 53.5 Å². The van der Waals surface area contributed by atoms with Gasteiger partial charge in [-0.1, -0.05) is 0 Å². The normalized spacial score (nSPS) is 11.2. The summed E-state index contributed by atoms with van der Waals surface area (Å²) in [7, 11) is -2.87. The summed E-state index contributed by atoms with van der Waals surface area (Å²) in [5, 5.41) is 16.0. The first-order chi connectivity index (χ1) is 4.00. The molecular weight excluding hydrogens is 147 g/mol. The highest BCUT2D eigenvalue weighted by molar-refractivity contribution is 7.30. The summed E-state index contributed by atoms with van der Waals surface area (Å²) in [6.45, 7) is 1.39. The molecule has 0 aliphatic rings. The Bertz CT molecular complexity index is 68.6. The van der Waals surface area contributed by atoms with Crippen molar-refractivity contribution in [3.8, 4) is 0 Å². The third kappa shape index (κ3) is 74.4. The van der Waals surface area contributed by atoms with Crippen molar-refractivity contribution < 1.29 is 24.6 Å². The maximum absolute atomic E-state index is 8.70. The van der Waals surface area contributed by atoms with Gasteiger partial charge < -0.3 is 10.2 Å². The van der Waals surface area contributed by atoms with E-state index in [0.29, 0.717) is 0 Å². The quantitative estimate of drug-likeness (QED) is 0.365. The molecule has 1 atom stereocenters. The minimum Gasteiger partial charge on any atom is -0.394 e. The Morgan fingerprint density at radius 2 is 1.67 bits per heavy atom. The van der Waals surface area contributed by atoms with Crippen LogP contribution < -0.4 is 0 Å². The van der Waals surface area contributed by atoms with Crippen molar-refractivity contribution in [3.63, 3.8) is 0 Å². The van der Waals surface area contributed by atoms with Crippen molar-refractivity contribution >= 4 is 8.25 Å². The van der Waals surface area contributed by atoms with E-state index in [1.54, 1.807) is 0 Å². The number of hydrogen-bond acceptors (Lipinski definition) is 3. The van der Waals surface area contributed by atoms with Crippen LogP contribution >= 0.6 is 8.25 Å². The number of aliphatic hydroxyl groups is 2. The second-order valence-corrected chi connectivity index (χ2v) is 1.79. The molecule has 0 saturated carbocycles. The molecule has 0 amide bonds. The third-order valence-corrected chi connectivity index (χ3v) is 0.264. The molecule has 56 valence electrons. The molecule has 0 fully saturated rings. The first-order valence-corrected chi connectivity index (χ1v) is 3.31. The van der Waals surface area contributed by atoms with Gasteiger partial charge in [-0.05, 0) is 6.92 Å². The van der Waals surface area contributed by atoms with E-state index in [0.717, 1.165) is 0 Å². The molecule has 0 aromatic carbocycles. The topological polar surface area (TPSA) is 98.0 Å². The van der Waals surface area contributed by atoms with E-state index < -0.39 is 14.4 Å². The van der Waals surface area contributed by atoms with E-state index in [9.17, 15) is 0 Å². The maximum Gasteiger partial charge on any atom is 0.692 e. The second-order valence-electron chi connectivity index (χ2n) is 1.28. The first kappa shape index (κ1) is 11.7. The molecule has 0 saturated heterocycles. The Morgan fingerprint density at radius 3 is 1.67 bits per heavy atom. The summed E-state index contributed by atoms with van der Waals surface area (Å²) in [4.78, 5) is 14.2. The zero-order valence-electron chi connectivity index (χ0n) is 4.93. The maximum atomic E-state index is 8.70. The number of hydrogen-bond donors (Lipinski definition) is 4. The Morgan fingerprint density at radius 1 is 1.56 bits per heavy atom. The average Bonchev–Trinajstić information content (AvgIpc) is 1.65. The second kappa shape index (κ2) is 7.94. The highest BCUT2D eigenvalue weighted by Crippen LogP contribution is 1.98. The molecule has 4 N–H and O–H groups in total. The van der Waals surface area contributed by atoms with E-state index in [1.165, 1.54) is 6.92 Å². The molecule has 0 bridgehead atoms. The minimum atomic E-state index is -2.87. The Balaban J connectivity index is 0. The third-order valence-electron chi connectivity index (χ3n) is 0.264. The van der Waals surface area contributed by atoms with Crippen LogP contribution in [-0.2, 0) is 4.57 Å². The lowest BCUT2D eigenvalue weighted by Gasteiger charge is -1.90. The van der Waals surface area contributed by atoms with Crippen LogP contribution in [0.1, 0.15) is 6.92 Å². The van der Waals surface area contributed by atoms with Crippen LogP contribution in [0.15, 0.2) is 0 Å². The van der Waals surface area contributed by atoms with Gasteiger partial charge in [-0.3, -0.25) is 0 Å². The molecule has 0 radical (unpaired) electrons. The highest BCUT2D eigenvalue weighted by atomic mass is 31.1. The van der Waals surface area contributed by atoms with Gasteiger partial charge in [-0.2, -0.15) is 0 Å². The minimum absolute atomic E-state index is 0.139. The lowest BCUT2D eigenvalue weighted by molar-refractivity contribution is 0.110. The molecular formula is C3H10O5P+. The smallest absolute Gasteiger partial charge is 0.394 e. The van der Waals surface area contributed by atoms with E-state index in [-0.39, 0.29) is 6.61 Å². The van der Waals surface area contributed by atoms with Crippen molar-refractivity contribution in [1.29, 1.82) is 0 Å². The SMILES string of the molecule is CC(O)CO.O=[P+](O)O. The standard InChI is InChI=1S/C3H8O2.HO3P/c1-3(5)2-4;1-4(2)3/h3-5H,2H2,1H3;(H-,1,2,3)/p+1. The van der Waals surface area contributed by atoms with E-state index in [2.05, 4.69) is 0 Å². The fourth-order valence-corrected chi connectivity index (χ4v) is 0. The number of aliphatic hydroxyl groups excluding tert-OH is 2. The van der Waals surface area contributed by atoms with Crippen LogP contribution in [0.25, 0.3) is 0 Å². The van der Waals surface area contributed by atoms with Crippen LogP contribution in [0.3, 0.4) is 0 Å². The zero-order valence-corrected chi connectivity index (χ0v) is 5.82. The van der Waals surface area contributed by atoms with E-state index in [1.807, 2.05) is 0 Å². The first-order valence-electron chi connectivity index (χ1n) is 2.14. The van der Waals surface area contributed by atoms with Crippen molar-refractivity contribution in [1.82, 2.24) is 0 Å². The lowest BCUT2D eigenvalue weighted by atomic mass is 10.5. The average molecular weight is 157 g/mol. The van der Waals surface area contributed by atoms with Crippen molar-refractivity contribution in [2.75, 3.05) is 6.61 Å². The molecule has 0 spiro atoms. The predicted molar refractivity (Wildman–Crippen MR) is 30.8 cm³/mol. The molecule has 0 heterocycles. The number of rotatable bonds is 1. The molecule has 0 rings (SSSR count). The summed E-state index contributed by atoms with van der Waals surface area (Å²) in [6.07, 6.45) is -0.560. The monoisotopic (exact) mass is 157 g/mol. The van der Waals surface area contributed by atoms with Gasteiger partial charge in [0.25, 0.3) is 0 Å². The van der Waals surface area contributed by atoms with Crippen LogP contribution in [0.4, 0.5) is 0 Å². The molecule has 1 unspecified atom stereocenters. The Hall–Kier alpha value is -0.0600. The Kier molecular flexibility index (Phi) is 10.3. The molecule has 0 aromatic rings. The van der Waals surface area contributed by atoms with Gasteiger partial charge in [0.1, 0.15) is 0 Å². The fraction of sp³-hybridized carbons (Fsp3) is 1.00. The fourth-order valence-electron chi connectivity index (χ4n) is 0. The van der Waals surface area contributed by atoms with E-state index >= 15 is 0 Å². The van der Waals surface area contributed by atoms with Crippen LogP contribution in [0.5, 0.6) is 0 Å². The van der Waals surface area contributed by atoms with Crippen molar-refractivity contribution in [2.45, 2.75) is 13.0 Å². The predicted octanol–water partition coefficient (Wildman–Crippen LogP) is -1.01. The molecule has 0 aliphatic heterocycles. The molecule has 0 aliphatic carbocycles. The van der Waals surface area contributed by atoms with Gasteiger partial charge >= 0.3 is 8.25 Å². The van der Waals surface area contributed by atoms with Gasteiger partial charge in [-0.15, -0.1) is 9.79 Å². The van der Waals surface area contributed by atoms with Gasteiger partial charge in [0.2, 0.25) is 0 Å². The van der Waals surface area contributed by atoms with Gasteiger partial charge in [0.05, 0.1) is 12.7 Å². The molecule has 0 aromatic heterocycles. The summed E-state index contributed by atoms with van der Waals surface area (Å²) in [5.41, 5.74) is 0. The van der Waals surface area contributed by atoms with Crippen LogP contribution in [0, 0.1) is 0 Å². The highest BCUT2D eigenvalue weighted by Gasteiger charge is 1.93. The molecule has 5 nitrogen and oxygen atoms in total. The summed E-state index contributed by atoms with van der Waals surface area (Å²) < 4.78 is 8.70. The zero-order chi connectivity index (χ0) is 7.86. The summed E-state index contributed by atoms with van der Waals surface area (Å²) in [5.74, 6) is 0. The van der Waals surface area contributed by atoms with E-state index in [4.69, 9.17) is 24.6 Å². The van der Waals surface area contributed by atoms with Gasteiger partial charge in [-0.25, -0.2) is 0 Å². The van der Waals surface area contributed by atoms with Gasteiger partial charge in [0, 0.05) is 4.57 Å². The van der Waals surface area contributed by atoms with Crippen LogP contribution in [-0.4, -0.2) is 32.7 Å². The van der Waals surface area contributed by atoms with Gasteiger partial charge in [0.15, 0.2) is 0 Å².